The molecule has 2 aliphatic heterocycles. The molecule has 8 heteroatoms. The van der Waals surface area contributed by atoms with Gasteiger partial charge < -0.3 is 14.4 Å². The summed E-state index contributed by atoms with van der Waals surface area (Å²) in [5.74, 6) is 1.37. The maximum atomic E-state index is 12.9. The number of hydrogen-bond acceptors (Lipinski definition) is 5. The number of ether oxygens (including phenoxy) is 2. The maximum Gasteiger partial charge on any atom is 0.243 e. The van der Waals surface area contributed by atoms with Crippen molar-refractivity contribution < 1.29 is 22.7 Å². The van der Waals surface area contributed by atoms with Crippen molar-refractivity contribution in [3.63, 3.8) is 0 Å². The zero-order valence-corrected chi connectivity index (χ0v) is 14.8. The molecule has 1 amide bonds. The van der Waals surface area contributed by atoms with Crippen molar-refractivity contribution in [3.05, 3.63) is 18.2 Å². The van der Waals surface area contributed by atoms with E-state index in [1.165, 1.54) is 10.4 Å². The highest BCUT2D eigenvalue weighted by molar-refractivity contribution is 7.89. The molecule has 0 aromatic heterocycles. The number of rotatable bonds is 3. The summed E-state index contributed by atoms with van der Waals surface area (Å²) in [6, 6.07) is 4.71. The molecule has 1 aliphatic carbocycles. The molecule has 2 heterocycles. The highest BCUT2D eigenvalue weighted by Gasteiger charge is 2.34. The lowest BCUT2D eigenvalue weighted by Crippen LogP contribution is -2.52. The summed E-state index contributed by atoms with van der Waals surface area (Å²) in [4.78, 5) is 14.3. The van der Waals surface area contributed by atoms with Crippen molar-refractivity contribution in [2.45, 2.75) is 24.2 Å². The van der Waals surface area contributed by atoms with Gasteiger partial charge in [-0.2, -0.15) is 4.31 Å². The smallest absolute Gasteiger partial charge is 0.243 e. The Balaban J connectivity index is 1.45. The SMILES string of the molecule is O=C(C1CCC1)N1CCN(S(=O)(=O)c2ccc3c(c2)OCCO3)CC1. The van der Waals surface area contributed by atoms with Gasteiger partial charge in [-0.25, -0.2) is 8.42 Å². The molecular weight excluding hydrogens is 344 g/mol. The second kappa shape index (κ2) is 6.49. The Labute approximate surface area is 147 Å². The highest BCUT2D eigenvalue weighted by Crippen LogP contribution is 2.33. The third-order valence-electron chi connectivity index (χ3n) is 5.16. The van der Waals surface area contributed by atoms with E-state index in [0.29, 0.717) is 50.9 Å². The second-order valence-corrected chi connectivity index (χ2v) is 8.60. The molecule has 4 rings (SSSR count). The summed E-state index contributed by atoms with van der Waals surface area (Å²) in [6.45, 7) is 2.46. The summed E-state index contributed by atoms with van der Waals surface area (Å²) < 4.78 is 38.1. The number of sulfonamides is 1. The van der Waals surface area contributed by atoms with Gasteiger partial charge in [-0.05, 0) is 25.0 Å². The second-order valence-electron chi connectivity index (χ2n) is 6.66. The van der Waals surface area contributed by atoms with Gasteiger partial charge in [0, 0.05) is 38.2 Å². The lowest BCUT2D eigenvalue weighted by molar-refractivity contribution is -0.139. The first-order valence-electron chi connectivity index (χ1n) is 8.74. The van der Waals surface area contributed by atoms with Crippen molar-refractivity contribution in [1.29, 1.82) is 0 Å². The van der Waals surface area contributed by atoms with Crippen LogP contribution in [0.5, 0.6) is 11.5 Å². The molecule has 25 heavy (non-hydrogen) atoms. The van der Waals surface area contributed by atoms with Crippen LogP contribution in [0, 0.1) is 5.92 Å². The Morgan fingerprint density at radius 1 is 1.00 bits per heavy atom. The zero-order valence-electron chi connectivity index (χ0n) is 14.0. The zero-order chi connectivity index (χ0) is 17.4. The van der Waals surface area contributed by atoms with Crippen LogP contribution in [0.3, 0.4) is 0 Å². The minimum absolute atomic E-state index is 0.154. The van der Waals surface area contributed by atoms with Crippen LogP contribution < -0.4 is 9.47 Å². The number of carbonyl (C=O) groups excluding carboxylic acids is 1. The fraction of sp³-hybridized carbons (Fsp3) is 0.588. The first-order chi connectivity index (χ1) is 12.1. The minimum Gasteiger partial charge on any atom is -0.486 e. The van der Waals surface area contributed by atoms with E-state index < -0.39 is 10.0 Å². The normalized spacial score (nSPS) is 21.7. The van der Waals surface area contributed by atoms with Crippen LogP contribution in [0.25, 0.3) is 0 Å². The number of hydrogen-bond donors (Lipinski definition) is 0. The average molecular weight is 366 g/mol. The monoisotopic (exact) mass is 366 g/mol. The van der Waals surface area contributed by atoms with Crippen molar-refractivity contribution in [2.75, 3.05) is 39.4 Å². The predicted molar refractivity (Wildman–Crippen MR) is 90.1 cm³/mol. The van der Waals surface area contributed by atoms with Crippen LogP contribution in [0.15, 0.2) is 23.1 Å². The van der Waals surface area contributed by atoms with Gasteiger partial charge in [0.15, 0.2) is 11.5 Å². The van der Waals surface area contributed by atoms with E-state index in [1.807, 2.05) is 0 Å². The number of fused-ring (bicyclic) bond motifs is 1. The molecule has 2 fully saturated rings. The van der Waals surface area contributed by atoms with E-state index in [4.69, 9.17) is 9.47 Å². The average Bonchev–Trinajstić information content (AvgIpc) is 2.60. The Morgan fingerprint density at radius 3 is 2.32 bits per heavy atom. The maximum absolute atomic E-state index is 12.9. The Kier molecular flexibility index (Phi) is 4.33. The molecule has 0 bridgehead atoms. The van der Waals surface area contributed by atoms with Crippen molar-refractivity contribution in [3.8, 4) is 11.5 Å². The van der Waals surface area contributed by atoms with Gasteiger partial charge in [0.2, 0.25) is 15.9 Å². The van der Waals surface area contributed by atoms with E-state index in [9.17, 15) is 13.2 Å². The molecule has 7 nitrogen and oxygen atoms in total. The standard InChI is InChI=1S/C17H22N2O5S/c20-17(13-2-1-3-13)18-6-8-19(9-7-18)25(21,22)14-4-5-15-16(12-14)24-11-10-23-15/h4-5,12-13H,1-3,6-11H2. The summed E-state index contributed by atoms with van der Waals surface area (Å²) in [5, 5.41) is 0. The number of nitrogens with zero attached hydrogens (tertiary/aromatic N) is 2. The summed E-state index contributed by atoms with van der Waals surface area (Å²) in [7, 11) is -3.60. The van der Waals surface area contributed by atoms with Gasteiger partial charge in [0.1, 0.15) is 13.2 Å². The van der Waals surface area contributed by atoms with Gasteiger partial charge >= 0.3 is 0 Å². The predicted octanol–water partition coefficient (Wildman–Crippen LogP) is 1.09. The summed E-state index contributed by atoms with van der Waals surface area (Å²) in [6.07, 6.45) is 3.05. The minimum atomic E-state index is -3.60. The lowest BCUT2D eigenvalue weighted by atomic mass is 9.84. The largest absolute Gasteiger partial charge is 0.486 e. The molecular formula is C17H22N2O5S. The number of benzene rings is 1. The van der Waals surface area contributed by atoms with E-state index >= 15 is 0 Å². The van der Waals surface area contributed by atoms with Crippen molar-refractivity contribution in [2.24, 2.45) is 5.92 Å². The number of carbonyl (C=O) groups is 1. The highest BCUT2D eigenvalue weighted by atomic mass is 32.2. The molecule has 136 valence electrons. The lowest BCUT2D eigenvalue weighted by Gasteiger charge is -2.37. The molecule has 1 aromatic rings. The van der Waals surface area contributed by atoms with E-state index in [1.54, 1.807) is 17.0 Å². The Morgan fingerprint density at radius 2 is 1.68 bits per heavy atom. The topological polar surface area (TPSA) is 76.2 Å². The molecule has 0 spiro atoms. The van der Waals surface area contributed by atoms with E-state index in [2.05, 4.69) is 0 Å². The van der Waals surface area contributed by atoms with Crippen LogP contribution in [-0.2, 0) is 14.8 Å². The van der Waals surface area contributed by atoms with Crippen LogP contribution in [0.1, 0.15) is 19.3 Å². The van der Waals surface area contributed by atoms with Gasteiger partial charge in [0.25, 0.3) is 0 Å². The van der Waals surface area contributed by atoms with Crippen molar-refractivity contribution in [1.82, 2.24) is 9.21 Å². The summed E-state index contributed by atoms with van der Waals surface area (Å²) >= 11 is 0. The quantitative estimate of drug-likeness (QED) is 0.800. The van der Waals surface area contributed by atoms with Gasteiger partial charge in [0.05, 0.1) is 4.90 Å². The van der Waals surface area contributed by atoms with E-state index in [-0.39, 0.29) is 16.7 Å². The fourth-order valence-electron chi connectivity index (χ4n) is 3.40. The first kappa shape index (κ1) is 16.7. The first-order valence-corrected chi connectivity index (χ1v) is 10.2. The van der Waals surface area contributed by atoms with Gasteiger partial charge in [-0.3, -0.25) is 4.79 Å². The van der Waals surface area contributed by atoms with Crippen LogP contribution >= 0.6 is 0 Å². The molecule has 0 N–H and O–H groups in total. The Hall–Kier alpha value is -1.80. The van der Waals surface area contributed by atoms with Gasteiger partial charge in [-0.15, -0.1) is 0 Å². The molecule has 0 unspecified atom stereocenters. The van der Waals surface area contributed by atoms with Gasteiger partial charge in [-0.1, -0.05) is 6.42 Å². The third kappa shape index (κ3) is 3.08. The molecule has 1 aromatic carbocycles. The molecule has 1 saturated carbocycles. The van der Waals surface area contributed by atoms with Crippen LogP contribution in [-0.4, -0.2) is 62.9 Å². The Bertz CT molecular complexity index is 767. The van der Waals surface area contributed by atoms with Crippen LogP contribution in [0.4, 0.5) is 0 Å². The van der Waals surface area contributed by atoms with Crippen LogP contribution in [0.2, 0.25) is 0 Å². The molecule has 0 atom stereocenters. The van der Waals surface area contributed by atoms with E-state index in [0.717, 1.165) is 19.3 Å². The number of amides is 1. The summed E-state index contributed by atoms with van der Waals surface area (Å²) in [5.41, 5.74) is 0. The molecule has 3 aliphatic rings. The molecule has 0 radical (unpaired) electrons. The third-order valence-corrected chi connectivity index (χ3v) is 7.05. The molecule has 1 saturated heterocycles. The fourth-order valence-corrected chi connectivity index (χ4v) is 4.83. The van der Waals surface area contributed by atoms with Crippen molar-refractivity contribution >= 4 is 15.9 Å². The number of piperazine rings is 1.